The number of carbonyl (C=O) groups is 1. The molecule has 1 aliphatic carbocycles. The highest BCUT2D eigenvalue weighted by atomic mass is 16.5. The van der Waals surface area contributed by atoms with E-state index >= 15 is 0 Å². The van der Waals surface area contributed by atoms with Crippen molar-refractivity contribution in [1.82, 2.24) is 0 Å². The monoisotopic (exact) mass is 281 g/mol. The average molecular weight is 281 g/mol. The highest BCUT2D eigenvalue weighted by Crippen LogP contribution is 2.45. The molecule has 2 rings (SSSR count). The van der Waals surface area contributed by atoms with Gasteiger partial charge in [0, 0.05) is 6.07 Å². The summed E-state index contributed by atoms with van der Waals surface area (Å²) in [7, 11) is 4.29. The second kappa shape index (κ2) is 5.90. The van der Waals surface area contributed by atoms with Gasteiger partial charge in [-0.15, -0.1) is 0 Å². The van der Waals surface area contributed by atoms with Gasteiger partial charge in [-0.1, -0.05) is 0 Å². The second-order valence-corrected chi connectivity index (χ2v) is 4.57. The van der Waals surface area contributed by atoms with Gasteiger partial charge in [-0.3, -0.25) is 0 Å². The number of ether oxygens (including phenoxy) is 4. The normalized spacial score (nSPS) is 14.3. The summed E-state index contributed by atoms with van der Waals surface area (Å²) in [6.45, 7) is 0. The molecule has 1 aromatic carbocycles. The van der Waals surface area contributed by atoms with Gasteiger partial charge in [-0.2, -0.15) is 0 Å². The van der Waals surface area contributed by atoms with Crippen molar-refractivity contribution in [1.29, 1.82) is 0 Å². The van der Waals surface area contributed by atoms with Crippen LogP contribution in [0, 0.1) is 0 Å². The fourth-order valence-electron chi connectivity index (χ4n) is 2.06. The summed E-state index contributed by atoms with van der Waals surface area (Å²) >= 11 is 0. The first-order valence-corrected chi connectivity index (χ1v) is 6.41. The zero-order valence-corrected chi connectivity index (χ0v) is 11.9. The number of hydrogen-bond acceptors (Lipinski definition) is 6. The maximum Gasteiger partial charge on any atom is 0.343 e. The topological polar surface area (TPSA) is 80.0 Å². The lowest BCUT2D eigenvalue weighted by atomic mass is 9.96. The van der Waals surface area contributed by atoms with Crippen molar-refractivity contribution < 1.29 is 23.7 Å². The first-order valence-electron chi connectivity index (χ1n) is 6.41. The minimum atomic E-state index is -0.558. The van der Waals surface area contributed by atoms with Gasteiger partial charge in [0.25, 0.3) is 0 Å². The van der Waals surface area contributed by atoms with Crippen LogP contribution in [-0.4, -0.2) is 33.4 Å². The summed E-state index contributed by atoms with van der Waals surface area (Å²) in [4.78, 5) is 11.9. The van der Waals surface area contributed by atoms with Crippen LogP contribution >= 0.6 is 0 Å². The molecule has 0 aromatic heterocycles. The third-order valence-corrected chi connectivity index (χ3v) is 3.38. The summed E-state index contributed by atoms with van der Waals surface area (Å²) in [6, 6.07) is 1.53. The minimum absolute atomic E-state index is 0.0683. The quantitative estimate of drug-likeness (QED) is 0.657. The standard InChI is InChI=1S/C14H19NO5/c1-17-10-7-9(15)11(14(16)19-3)13(12(10)18-2)20-8-5-4-6-8/h7-8H,4-6,15H2,1-3H3. The predicted octanol–water partition coefficient (Wildman–Crippen LogP) is 2.00. The highest BCUT2D eigenvalue weighted by Gasteiger charge is 2.29. The van der Waals surface area contributed by atoms with Gasteiger partial charge in [0.05, 0.1) is 33.1 Å². The fraction of sp³-hybridized carbons (Fsp3) is 0.500. The summed E-state index contributed by atoms with van der Waals surface area (Å²) in [5.74, 6) is 0.514. The van der Waals surface area contributed by atoms with E-state index in [1.165, 1.54) is 27.4 Å². The van der Waals surface area contributed by atoms with Crippen molar-refractivity contribution in [2.75, 3.05) is 27.1 Å². The van der Waals surface area contributed by atoms with Gasteiger partial charge in [0.2, 0.25) is 5.75 Å². The van der Waals surface area contributed by atoms with Crippen molar-refractivity contribution in [3.63, 3.8) is 0 Å². The van der Waals surface area contributed by atoms with E-state index < -0.39 is 5.97 Å². The Morgan fingerprint density at radius 3 is 2.35 bits per heavy atom. The first kappa shape index (κ1) is 14.3. The number of anilines is 1. The summed E-state index contributed by atoms with van der Waals surface area (Å²) in [5, 5.41) is 0. The van der Waals surface area contributed by atoms with E-state index in [2.05, 4.69) is 0 Å². The summed E-state index contributed by atoms with van der Waals surface area (Å²) in [6.07, 6.45) is 3.07. The largest absolute Gasteiger partial charge is 0.493 e. The van der Waals surface area contributed by atoms with Crippen LogP contribution in [0.3, 0.4) is 0 Å². The maximum absolute atomic E-state index is 11.9. The third kappa shape index (κ3) is 2.45. The number of esters is 1. The van der Waals surface area contributed by atoms with Gasteiger partial charge in [0.15, 0.2) is 11.5 Å². The number of benzene rings is 1. The zero-order valence-electron chi connectivity index (χ0n) is 11.9. The molecular weight excluding hydrogens is 262 g/mol. The average Bonchev–Trinajstić information content (AvgIpc) is 2.41. The lowest BCUT2D eigenvalue weighted by Crippen LogP contribution is -2.26. The lowest BCUT2D eigenvalue weighted by Gasteiger charge is -2.28. The van der Waals surface area contributed by atoms with E-state index in [0.29, 0.717) is 17.2 Å². The molecule has 0 bridgehead atoms. The Bertz CT molecular complexity index is 511. The molecular formula is C14H19NO5. The Kier molecular flexibility index (Phi) is 4.22. The molecule has 0 atom stereocenters. The first-order chi connectivity index (χ1) is 9.62. The SMILES string of the molecule is COC(=O)c1c(N)cc(OC)c(OC)c1OC1CCC1. The zero-order chi connectivity index (χ0) is 14.7. The molecule has 2 N–H and O–H groups in total. The molecule has 0 saturated heterocycles. The third-order valence-electron chi connectivity index (χ3n) is 3.38. The molecule has 0 amide bonds. The fourth-order valence-corrected chi connectivity index (χ4v) is 2.06. The van der Waals surface area contributed by atoms with Gasteiger partial charge in [-0.05, 0) is 19.3 Å². The van der Waals surface area contributed by atoms with Crippen LogP contribution in [0.15, 0.2) is 6.07 Å². The van der Waals surface area contributed by atoms with E-state index in [4.69, 9.17) is 24.7 Å². The maximum atomic E-state index is 11.9. The van der Waals surface area contributed by atoms with Crippen LogP contribution in [0.2, 0.25) is 0 Å². The van der Waals surface area contributed by atoms with Gasteiger partial charge < -0.3 is 24.7 Å². The number of nitrogens with two attached hydrogens (primary N) is 1. The van der Waals surface area contributed by atoms with Crippen LogP contribution in [-0.2, 0) is 4.74 Å². The van der Waals surface area contributed by atoms with Crippen molar-refractivity contribution >= 4 is 11.7 Å². The highest BCUT2D eigenvalue weighted by molar-refractivity contribution is 6.00. The van der Waals surface area contributed by atoms with Crippen LogP contribution in [0.5, 0.6) is 17.2 Å². The Morgan fingerprint density at radius 2 is 1.90 bits per heavy atom. The lowest BCUT2D eigenvalue weighted by molar-refractivity contribution is 0.0584. The van der Waals surface area contributed by atoms with Crippen molar-refractivity contribution in [3.05, 3.63) is 11.6 Å². The van der Waals surface area contributed by atoms with Crippen LogP contribution in [0.4, 0.5) is 5.69 Å². The molecule has 0 aliphatic heterocycles. The molecule has 1 fully saturated rings. The van der Waals surface area contributed by atoms with Crippen LogP contribution in [0.25, 0.3) is 0 Å². The molecule has 1 aliphatic rings. The minimum Gasteiger partial charge on any atom is -0.493 e. The molecule has 1 saturated carbocycles. The molecule has 1 aromatic rings. The van der Waals surface area contributed by atoms with Gasteiger partial charge in [-0.25, -0.2) is 4.79 Å². The van der Waals surface area contributed by atoms with Crippen LogP contribution in [0.1, 0.15) is 29.6 Å². The van der Waals surface area contributed by atoms with E-state index in [-0.39, 0.29) is 17.4 Å². The van der Waals surface area contributed by atoms with Crippen LogP contribution < -0.4 is 19.9 Å². The van der Waals surface area contributed by atoms with E-state index in [9.17, 15) is 4.79 Å². The van der Waals surface area contributed by atoms with Gasteiger partial charge in [0.1, 0.15) is 5.56 Å². The Hall–Kier alpha value is -2.11. The number of methoxy groups -OCH3 is 3. The number of hydrogen-bond donors (Lipinski definition) is 1. The molecule has 0 heterocycles. The molecule has 110 valence electrons. The molecule has 6 heteroatoms. The van der Waals surface area contributed by atoms with E-state index in [1.807, 2.05) is 0 Å². The molecule has 0 unspecified atom stereocenters. The van der Waals surface area contributed by atoms with E-state index in [0.717, 1.165) is 19.3 Å². The Morgan fingerprint density at radius 1 is 1.20 bits per heavy atom. The Balaban J connectivity index is 2.54. The predicted molar refractivity (Wildman–Crippen MR) is 73.6 cm³/mol. The van der Waals surface area contributed by atoms with Crippen molar-refractivity contribution in [2.45, 2.75) is 25.4 Å². The molecule has 0 radical (unpaired) electrons. The molecule has 6 nitrogen and oxygen atoms in total. The van der Waals surface area contributed by atoms with Crippen molar-refractivity contribution in [2.24, 2.45) is 0 Å². The summed E-state index contributed by atoms with van der Waals surface area (Å²) < 4.78 is 21.2. The summed E-state index contributed by atoms with van der Waals surface area (Å²) in [5.41, 5.74) is 6.33. The smallest absolute Gasteiger partial charge is 0.343 e. The number of carbonyl (C=O) groups excluding carboxylic acids is 1. The second-order valence-electron chi connectivity index (χ2n) is 4.57. The number of rotatable bonds is 5. The number of nitrogen functional groups attached to an aromatic ring is 1. The molecule has 0 spiro atoms. The van der Waals surface area contributed by atoms with Crippen molar-refractivity contribution in [3.8, 4) is 17.2 Å². The molecule has 20 heavy (non-hydrogen) atoms. The van der Waals surface area contributed by atoms with E-state index in [1.54, 1.807) is 0 Å². The Labute approximate surface area is 117 Å². The van der Waals surface area contributed by atoms with Gasteiger partial charge >= 0.3 is 5.97 Å².